The highest BCUT2D eigenvalue weighted by Gasteiger charge is 2.13. The van der Waals surface area contributed by atoms with E-state index in [1.54, 1.807) is 0 Å². The molecular weight excluding hydrogens is 286 g/mol. The fourth-order valence-corrected chi connectivity index (χ4v) is 3.74. The monoisotopic (exact) mass is 313 g/mol. The molecular formula is C20H27NS. The fourth-order valence-electron chi connectivity index (χ4n) is 2.59. The quantitative estimate of drug-likeness (QED) is 0.669. The summed E-state index contributed by atoms with van der Waals surface area (Å²) in [6, 6.07) is 19.7. The fraction of sp³-hybridized carbons (Fsp3) is 0.400. The number of hydrogen-bond acceptors (Lipinski definition) is 2. The largest absolute Gasteiger partial charge is 0.330 e. The summed E-state index contributed by atoms with van der Waals surface area (Å²) in [6.45, 7) is 5.27. The molecule has 0 aliphatic carbocycles. The Labute approximate surface area is 139 Å². The maximum Gasteiger partial charge on any atom is 0.0101 e. The summed E-state index contributed by atoms with van der Waals surface area (Å²) in [7, 11) is 0. The Hall–Kier alpha value is -1.25. The van der Waals surface area contributed by atoms with Crippen molar-refractivity contribution in [1.29, 1.82) is 0 Å². The van der Waals surface area contributed by atoms with Gasteiger partial charge in [-0.3, -0.25) is 0 Å². The van der Waals surface area contributed by atoms with Crippen LogP contribution in [0.5, 0.6) is 0 Å². The molecule has 118 valence electrons. The molecule has 0 fully saturated rings. The highest BCUT2D eigenvalue weighted by molar-refractivity contribution is 7.99. The van der Waals surface area contributed by atoms with Crippen molar-refractivity contribution >= 4 is 11.8 Å². The van der Waals surface area contributed by atoms with E-state index in [0.717, 1.165) is 12.3 Å². The third kappa shape index (κ3) is 5.19. The van der Waals surface area contributed by atoms with E-state index >= 15 is 0 Å². The number of benzene rings is 2. The Morgan fingerprint density at radius 3 is 2.09 bits per heavy atom. The van der Waals surface area contributed by atoms with Crippen molar-refractivity contribution in [2.75, 3.05) is 12.3 Å². The van der Waals surface area contributed by atoms with Gasteiger partial charge in [0.25, 0.3) is 0 Å². The van der Waals surface area contributed by atoms with Crippen molar-refractivity contribution in [3.63, 3.8) is 0 Å². The van der Waals surface area contributed by atoms with Gasteiger partial charge in [0.05, 0.1) is 0 Å². The zero-order chi connectivity index (χ0) is 15.8. The Kier molecular flexibility index (Phi) is 7.01. The first-order valence-electron chi connectivity index (χ1n) is 8.18. The highest BCUT2D eigenvalue weighted by Crippen LogP contribution is 2.29. The molecule has 2 aromatic rings. The third-order valence-corrected chi connectivity index (χ3v) is 4.95. The van der Waals surface area contributed by atoms with Gasteiger partial charge >= 0.3 is 0 Å². The lowest BCUT2D eigenvalue weighted by atomic mass is 9.89. The predicted molar refractivity (Wildman–Crippen MR) is 98.6 cm³/mol. The van der Waals surface area contributed by atoms with Crippen molar-refractivity contribution in [2.24, 2.45) is 11.7 Å². The van der Waals surface area contributed by atoms with Crippen LogP contribution < -0.4 is 5.73 Å². The van der Waals surface area contributed by atoms with Gasteiger partial charge in [0.15, 0.2) is 0 Å². The molecule has 0 heterocycles. The molecule has 1 unspecified atom stereocenters. The highest BCUT2D eigenvalue weighted by atomic mass is 32.2. The molecule has 2 heteroatoms. The molecule has 2 N–H and O–H groups in total. The molecule has 0 aliphatic rings. The van der Waals surface area contributed by atoms with Gasteiger partial charge < -0.3 is 5.73 Å². The Bertz CT molecular complexity index is 533. The van der Waals surface area contributed by atoms with E-state index in [1.165, 1.54) is 28.2 Å². The predicted octanol–water partition coefficient (Wildman–Crippen LogP) is 5.31. The average Bonchev–Trinajstić information content (AvgIpc) is 2.54. The van der Waals surface area contributed by atoms with Crippen LogP contribution in [0.4, 0.5) is 0 Å². The molecule has 0 amide bonds. The van der Waals surface area contributed by atoms with Crippen molar-refractivity contribution in [3.05, 3.63) is 65.7 Å². The van der Waals surface area contributed by atoms with Gasteiger partial charge in [-0.15, -0.1) is 11.8 Å². The minimum absolute atomic E-state index is 0.404. The number of nitrogens with two attached hydrogens (primary N) is 1. The van der Waals surface area contributed by atoms with Gasteiger partial charge in [-0.2, -0.15) is 0 Å². The SMILES string of the molecule is CC(C)CCSc1ccc(C(CCN)c2ccccc2)cc1. The molecule has 0 bridgehead atoms. The first-order valence-corrected chi connectivity index (χ1v) is 9.17. The van der Waals surface area contributed by atoms with Crippen LogP contribution in [0.1, 0.15) is 43.7 Å². The lowest BCUT2D eigenvalue weighted by molar-refractivity contribution is 0.632. The topological polar surface area (TPSA) is 26.0 Å². The number of thioether (sulfide) groups is 1. The standard InChI is InChI=1S/C20H27NS/c1-16(2)13-15-22-19-10-8-18(9-11-19)20(12-14-21)17-6-4-3-5-7-17/h3-11,16,20H,12-15,21H2,1-2H3. The molecule has 22 heavy (non-hydrogen) atoms. The minimum Gasteiger partial charge on any atom is -0.330 e. The molecule has 0 aromatic heterocycles. The van der Waals surface area contributed by atoms with E-state index in [0.29, 0.717) is 12.5 Å². The third-order valence-electron chi connectivity index (χ3n) is 3.90. The van der Waals surface area contributed by atoms with Crippen LogP contribution >= 0.6 is 11.8 Å². The molecule has 1 atom stereocenters. The summed E-state index contributed by atoms with van der Waals surface area (Å²) < 4.78 is 0. The summed E-state index contributed by atoms with van der Waals surface area (Å²) in [5.74, 6) is 2.38. The summed E-state index contributed by atoms with van der Waals surface area (Å²) in [6.07, 6.45) is 2.26. The van der Waals surface area contributed by atoms with Crippen LogP contribution in [0.15, 0.2) is 59.5 Å². The lowest BCUT2D eigenvalue weighted by Gasteiger charge is -2.17. The Morgan fingerprint density at radius 2 is 1.50 bits per heavy atom. The summed E-state index contributed by atoms with van der Waals surface area (Å²) >= 11 is 1.95. The smallest absolute Gasteiger partial charge is 0.0101 e. The first kappa shape index (κ1) is 17.1. The maximum absolute atomic E-state index is 5.82. The van der Waals surface area contributed by atoms with Crippen molar-refractivity contribution in [1.82, 2.24) is 0 Å². The average molecular weight is 314 g/mol. The van der Waals surface area contributed by atoms with E-state index in [-0.39, 0.29) is 0 Å². The zero-order valence-corrected chi connectivity index (χ0v) is 14.5. The van der Waals surface area contributed by atoms with Gasteiger partial charge in [0.2, 0.25) is 0 Å². The molecule has 0 saturated carbocycles. The van der Waals surface area contributed by atoms with Gasteiger partial charge in [0.1, 0.15) is 0 Å². The van der Waals surface area contributed by atoms with E-state index in [9.17, 15) is 0 Å². The number of rotatable bonds is 8. The maximum atomic E-state index is 5.82. The van der Waals surface area contributed by atoms with Gasteiger partial charge in [-0.1, -0.05) is 56.3 Å². The normalized spacial score (nSPS) is 12.5. The molecule has 0 aliphatic heterocycles. The van der Waals surface area contributed by atoms with E-state index in [2.05, 4.69) is 68.4 Å². The number of hydrogen-bond donors (Lipinski definition) is 1. The molecule has 0 saturated heterocycles. The lowest BCUT2D eigenvalue weighted by Crippen LogP contribution is -2.08. The zero-order valence-electron chi connectivity index (χ0n) is 13.7. The van der Waals surface area contributed by atoms with Crippen LogP contribution in [-0.2, 0) is 0 Å². The van der Waals surface area contributed by atoms with Gasteiger partial charge in [0, 0.05) is 10.8 Å². The Balaban J connectivity index is 2.06. The van der Waals surface area contributed by atoms with E-state index < -0.39 is 0 Å². The molecule has 2 rings (SSSR count). The van der Waals surface area contributed by atoms with Crippen LogP contribution in [0.25, 0.3) is 0 Å². The van der Waals surface area contributed by atoms with E-state index in [1.807, 2.05) is 11.8 Å². The minimum atomic E-state index is 0.404. The first-order chi connectivity index (χ1) is 10.7. The van der Waals surface area contributed by atoms with Gasteiger partial charge in [-0.05, 0) is 54.3 Å². The summed E-state index contributed by atoms with van der Waals surface area (Å²) in [5.41, 5.74) is 8.54. The van der Waals surface area contributed by atoms with Gasteiger partial charge in [-0.25, -0.2) is 0 Å². The summed E-state index contributed by atoms with van der Waals surface area (Å²) in [4.78, 5) is 1.36. The van der Waals surface area contributed by atoms with Crippen LogP contribution in [-0.4, -0.2) is 12.3 Å². The van der Waals surface area contributed by atoms with Crippen LogP contribution in [0.3, 0.4) is 0 Å². The van der Waals surface area contributed by atoms with Crippen molar-refractivity contribution in [2.45, 2.75) is 37.5 Å². The second-order valence-corrected chi connectivity index (χ2v) is 7.31. The second-order valence-electron chi connectivity index (χ2n) is 6.14. The van der Waals surface area contributed by atoms with Crippen LogP contribution in [0.2, 0.25) is 0 Å². The molecule has 0 spiro atoms. The molecule has 2 aromatic carbocycles. The van der Waals surface area contributed by atoms with Crippen molar-refractivity contribution < 1.29 is 0 Å². The van der Waals surface area contributed by atoms with Crippen LogP contribution in [0, 0.1) is 5.92 Å². The second kappa shape index (κ2) is 9.02. The molecule has 0 radical (unpaired) electrons. The Morgan fingerprint density at radius 1 is 0.864 bits per heavy atom. The molecule has 1 nitrogen and oxygen atoms in total. The van der Waals surface area contributed by atoms with E-state index in [4.69, 9.17) is 5.73 Å². The van der Waals surface area contributed by atoms with Crippen molar-refractivity contribution in [3.8, 4) is 0 Å². The summed E-state index contributed by atoms with van der Waals surface area (Å²) in [5, 5.41) is 0.